The van der Waals surface area contributed by atoms with Crippen LogP contribution in [0, 0.1) is 5.41 Å². The molecule has 94 valence electrons. The molecule has 0 aliphatic heterocycles. The largest absolute Gasteiger partial charge is 0.384 e. The van der Waals surface area contributed by atoms with E-state index in [1.165, 1.54) is 7.05 Å². The molecular formula is C10H16N4O2S. The predicted molar refractivity (Wildman–Crippen MR) is 68.5 cm³/mol. The number of rotatable bonds is 5. The van der Waals surface area contributed by atoms with Crippen molar-refractivity contribution in [3.05, 3.63) is 29.8 Å². The Bertz CT molecular complexity index is 513. The molecule has 7 heteroatoms. The normalized spacial score (nSPS) is 11.2. The zero-order chi connectivity index (χ0) is 13.1. The zero-order valence-electron chi connectivity index (χ0n) is 9.77. The highest BCUT2D eigenvalue weighted by Gasteiger charge is 2.16. The number of nitrogens with one attached hydrogen (secondary N) is 2. The van der Waals surface area contributed by atoms with Gasteiger partial charge in [0.05, 0.1) is 5.69 Å². The van der Waals surface area contributed by atoms with E-state index in [9.17, 15) is 8.42 Å². The molecule has 0 atom stereocenters. The van der Waals surface area contributed by atoms with Gasteiger partial charge in [-0.2, -0.15) is 13.1 Å². The molecule has 17 heavy (non-hydrogen) atoms. The van der Waals surface area contributed by atoms with Crippen LogP contribution in [0.5, 0.6) is 0 Å². The van der Waals surface area contributed by atoms with E-state index in [-0.39, 0.29) is 5.84 Å². The third-order valence-corrected chi connectivity index (χ3v) is 3.79. The minimum absolute atomic E-state index is 0.0962. The number of hydrogen-bond acceptors (Lipinski definition) is 3. The first-order valence-electron chi connectivity index (χ1n) is 5.06. The number of nitrogens with two attached hydrogens (primary N) is 1. The Labute approximate surface area is 101 Å². The first kappa shape index (κ1) is 13.5. The molecule has 1 aromatic rings. The van der Waals surface area contributed by atoms with Crippen molar-refractivity contribution in [3.8, 4) is 0 Å². The molecule has 0 amide bonds. The Kier molecular flexibility index (Phi) is 4.08. The third kappa shape index (κ3) is 3.18. The summed E-state index contributed by atoms with van der Waals surface area (Å²) in [6.07, 6.45) is 0. The van der Waals surface area contributed by atoms with Gasteiger partial charge in [0.1, 0.15) is 5.84 Å². The van der Waals surface area contributed by atoms with E-state index in [0.29, 0.717) is 17.8 Å². The Morgan fingerprint density at radius 3 is 2.71 bits per heavy atom. The van der Waals surface area contributed by atoms with Gasteiger partial charge < -0.3 is 5.73 Å². The Hall–Kier alpha value is -1.60. The zero-order valence-corrected chi connectivity index (χ0v) is 10.6. The number of hydrogen-bond donors (Lipinski definition) is 3. The Morgan fingerprint density at radius 2 is 2.18 bits per heavy atom. The second-order valence-electron chi connectivity index (χ2n) is 3.43. The van der Waals surface area contributed by atoms with E-state index < -0.39 is 10.2 Å². The summed E-state index contributed by atoms with van der Waals surface area (Å²) in [5.41, 5.74) is 6.29. The van der Waals surface area contributed by atoms with Gasteiger partial charge in [0.15, 0.2) is 0 Å². The van der Waals surface area contributed by atoms with E-state index in [4.69, 9.17) is 11.1 Å². The molecule has 4 N–H and O–H groups in total. The van der Waals surface area contributed by atoms with E-state index in [1.54, 1.807) is 31.2 Å². The summed E-state index contributed by atoms with van der Waals surface area (Å²) in [4.78, 5) is 0. The van der Waals surface area contributed by atoms with Crippen molar-refractivity contribution >= 4 is 21.7 Å². The van der Waals surface area contributed by atoms with Gasteiger partial charge in [0, 0.05) is 19.2 Å². The second-order valence-corrected chi connectivity index (χ2v) is 5.22. The maximum Gasteiger partial charge on any atom is 0.301 e. The molecule has 0 spiro atoms. The van der Waals surface area contributed by atoms with Crippen molar-refractivity contribution in [3.63, 3.8) is 0 Å². The van der Waals surface area contributed by atoms with Gasteiger partial charge >= 0.3 is 10.2 Å². The fraction of sp³-hybridized carbons (Fsp3) is 0.300. The van der Waals surface area contributed by atoms with Crippen LogP contribution < -0.4 is 14.8 Å². The van der Waals surface area contributed by atoms with Crippen molar-refractivity contribution in [1.29, 1.82) is 5.41 Å². The van der Waals surface area contributed by atoms with E-state index >= 15 is 0 Å². The summed E-state index contributed by atoms with van der Waals surface area (Å²) < 4.78 is 27.0. The molecule has 0 saturated heterocycles. The molecule has 6 nitrogen and oxygen atoms in total. The van der Waals surface area contributed by atoms with Gasteiger partial charge in [-0.05, 0) is 12.1 Å². The van der Waals surface area contributed by atoms with E-state index in [2.05, 4.69) is 4.72 Å². The SMILES string of the molecule is CCNS(=O)(=O)N(C)c1cccc(C(=N)N)c1. The average Bonchev–Trinajstić information content (AvgIpc) is 2.28. The molecule has 1 rings (SSSR count). The van der Waals surface area contributed by atoms with E-state index in [1.807, 2.05) is 0 Å². The van der Waals surface area contributed by atoms with Crippen LogP contribution >= 0.6 is 0 Å². The molecule has 0 aromatic heterocycles. The number of anilines is 1. The highest BCUT2D eigenvalue weighted by molar-refractivity contribution is 7.90. The summed E-state index contributed by atoms with van der Waals surface area (Å²) in [6.45, 7) is 2.02. The highest BCUT2D eigenvalue weighted by Crippen LogP contribution is 2.16. The maximum absolute atomic E-state index is 11.7. The molecule has 0 heterocycles. The van der Waals surface area contributed by atoms with Gasteiger partial charge in [0.25, 0.3) is 0 Å². The molecule has 1 aromatic carbocycles. The van der Waals surface area contributed by atoms with Crippen LogP contribution in [0.1, 0.15) is 12.5 Å². The Morgan fingerprint density at radius 1 is 1.53 bits per heavy atom. The van der Waals surface area contributed by atoms with Crippen molar-refractivity contribution in [2.75, 3.05) is 17.9 Å². The first-order valence-corrected chi connectivity index (χ1v) is 6.50. The van der Waals surface area contributed by atoms with Gasteiger partial charge in [-0.3, -0.25) is 9.71 Å². The van der Waals surface area contributed by atoms with Crippen molar-refractivity contribution in [2.24, 2.45) is 5.73 Å². The molecule has 0 aliphatic rings. The summed E-state index contributed by atoms with van der Waals surface area (Å²) in [5, 5.41) is 7.30. The fourth-order valence-corrected chi connectivity index (χ4v) is 2.24. The molecule has 0 unspecified atom stereocenters. The summed E-state index contributed by atoms with van der Waals surface area (Å²) in [5.74, 6) is -0.0962. The fourth-order valence-electron chi connectivity index (χ4n) is 1.29. The summed E-state index contributed by atoms with van der Waals surface area (Å²) in [7, 11) is -2.09. The van der Waals surface area contributed by atoms with Crippen molar-refractivity contribution < 1.29 is 8.42 Å². The number of amidine groups is 1. The van der Waals surface area contributed by atoms with Crippen LogP contribution in [0.25, 0.3) is 0 Å². The van der Waals surface area contributed by atoms with Gasteiger partial charge in [-0.1, -0.05) is 19.1 Å². The van der Waals surface area contributed by atoms with Crippen LogP contribution in [0.2, 0.25) is 0 Å². The van der Waals surface area contributed by atoms with Gasteiger partial charge in [-0.15, -0.1) is 0 Å². The topological polar surface area (TPSA) is 99.3 Å². The molecule has 0 saturated carbocycles. The quantitative estimate of drug-likeness (QED) is 0.520. The molecule has 0 bridgehead atoms. The number of nitrogen functional groups attached to an aromatic ring is 1. The lowest BCUT2D eigenvalue weighted by Crippen LogP contribution is -2.38. The lowest BCUT2D eigenvalue weighted by Gasteiger charge is -2.19. The van der Waals surface area contributed by atoms with Crippen LogP contribution in [0.3, 0.4) is 0 Å². The number of benzene rings is 1. The Balaban J connectivity index is 3.08. The lowest BCUT2D eigenvalue weighted by molar-refractivity contribution is 0.582. The lowest BCUT2D eigenvalue weighted by atomic mass is 10.2. The van der Waals surface area contributed by atoms with E-state index in [0.717, 1.165) is 4.31 Å². The highest BCUT2D eigenvalue weighted by atomic mass is 32.2. The standard InChI is InChI=1S/C10H16N4O2S/c1-3-13-17(15,16)14(2)9-6-4-5-8(7-9)10(11)12/h4-7,13H,3H2,1-2H3,(H3,11,12). The van der Waals surface area contributed by atoms with Crippen LogP contribution in [-0.2, 0) is 10.2 Å². The van der Waals surface area contributed by atoms with Crippen molar-refractivity contribution in [1.82, 2.24) is 4.72 Å². The summed E-state index contributed by atoms with van der Waals surface area (Å²) in [6, 6.07) is 6.50. The molecule has 0 radical (unpaired) electrons. The van der Waals surface area contributed by atoms with Crippen LogP contribution in [0.15, 0.2) is 24.3 Å². The minimum atomic E-state index is -3.53. The monoisotopic (exact) mass is 256 g/mol. The van der Waals surface area contributed by atoms with Crippen molar-refractivity contribution in [2.45, 2.75) is 6.92 Å². The smallest absolute Gasteiger partial charge is 0.301 e. The number of nitrogens with zero attached hydrogens (tertiary/aromatic N) is 1. The molecular weight excluding hydrogens is 240 g/mol. The second kappa shape index (κ2) is 5.15. The molecule has 0 aliphatic carbocycles. The van der Waals surface area contributed by atoms with Crippen LogP contribution in [0.4, 0.5) is 5.69 Å². The summed E-state index contributed by atoms with van der Waals surface area (Å²) >= 11 is 0. The predicted octanol–water partition coefficient (Wildman–Crippen LogP) is 0.261. The van der Waals surface area contributed by atoms with Gasteiger partial charge in [-0.25, -0.2) is 0 Å². The molecule has 0 fully saturated rings. The minimum Gasteiger partial charge on any atom is -0.384 e. The van der Waals surface area contributed by atoms with Crippen LogP contribution in [-0.4, -0.2) is 27.8 Å². The van der Waals surface area contributed by atoms with Gasteiger partial charge in [0.2, 0.25) is 0 Å². The maximum atomic E-state index is 11.7. The first-order chi connectivity index (χ1) is 7.88. The third-order valence-electron chi connectivity index (χ3n) is 2.21. The average molecular weight is 256 g/mol.